The molecule has 1 fully saturated rings. The highest BCUT2D eigenvalue weighted by atomic mass is 19.4. The van der Waals surface area contributed by atoms with E-state index in [2.05, 4.69) is 39.0 Å². The number of ether oxygens (including phenoxy) is 1. The van der Waals surface area contributed by atoms with Crippen molar-refractivity contribution in [1.29, 1.82) is 0 Å². The number of quaternary nitrogens is 1. The van der Waals surface area contributed by atoms with Gasteiger partial charge in [0.05, 0.1) is 13.1 Å². The van der Waals surface area contributed by atoms with Crippen LogP contribution in [0.1, 0.15) is 52.5 Å². The molecule has 5 N–H and O–H groups in total. The summed E-state index contributed by atoms with van der Waals surface area (Å²) < 4.78 is 70.6. The molecule has 2 rings (SSSR count). The van der Waals surface area contributed by atoms with Crippen LogP contribution in [0.5, 0.6) is 0 Å². The third kappa shape index (κ3) is 12.6. The summed E-state index contributed by atoms with van der Waals surface area (Å²) >= 11 is 0. The van der Waals surface area contributed by atoms with Crippen molar-refractivity contribution in [1.82, 2.24) is 9.97 Å². The highest BCUT2D eigenvalue weighted by Gasteiger charge is 2.33. The minimum absolute atomic E-state index is 0.221. The first-order valence-corrected chi connectivity index (χ1v) is 11.3. The first-order chi connectivity index (χ1) is 17.7. The van der Waals surface area contributed by atoms with Crippen molar-refractivity contribution in [2.75, 3.05) is 18.0 Å². The van der Waals surface area contributed by atoms with E-state index in [1.807, 2.05) is 13.0 Å². The largest absolute Gasteiger partial charge is 0.542 e. The minimum atomic E-state index is -5.19. The lowest BCUT2D eigenvalue weighted by atomic mass is 10.1. The number of carboxylic acids is 2. The number of esters is 1. The summed E-state index contributed by atoms with van der Waals surface area (Å²) in [5, 5.41) is 17.6. The third-order valence-corrected chi connectivity index (χ3v) is 4.82. The smallest absolute Gasteiger partial charge is 0.437 e. The van der Waals surface area contributed by atoms with E-state index in [0.29, 0.717) is 18.2 Å². The van der Waals surface area contributed by atoms with E-state index in [4.69, 9.17) is 30.3 Å². The SMILES string of the molecule is CCCC(=O)O[C@H](C)c1nccc(N2C[C@@H](C)[N+](=C(N)[NH3+])[C@@H](C)C2)n1.O=C([O-])C(F)(F)F.O=C([O-])C(F)(F)F. The molecule has 2 heterocycles. The number of carboxylic acid groups (broad SMARTS) is 2. The van der Waals surface area contributed by atoms with Gasteiger partial charge in [-0.3, -0.25) is 10.5 Å². The Morgan fingerprint density at radius 3 is 1.92 bits per heavy atom. The first kappa shape index (κ1) is 35.3. The van der Waals surface area contributed by atoms with Gasteiger partial charge >= 0.3 is 24.3 Å². The second-order valence-corrected chi connectivity index (χ2v) is 8.23. The minimum Gasteiger partial charge on any atom is -0.542 e. The van der Waals surface area contributed by atoms with E-state index in [1.54, 1.807) is 13.1 Å². The molecule has 39 heavy (non-hydrogen) atoms. The number of aromatic nitrogens is 2. The van der Waals surface area contributed by atoms with Gasteiger partial charge in [0.15, 0.2) is 11.9 Å². The Hall–Kier alpha value is -3.70. The number of carbonyl (C=O) groups is 3. The molecule has 0 unspecified atom stereocenters. The van der Waals surface area contributed by atoms with Crippen LogP contribution < -0.4 is 26.6 Å². The van der Waals surface area contributed by atoms with Crippen LogP contribution in [-0.2, 0) is 19.1 Å². The van der Waals surface area contributed by atoms with Gasteiger partial charge in [-0.25, -0.2) is 20.3 Å². The van der Waals surface area contributed by atoms with Gasteiger partial charge in [0.1, 0.15) is 29.8 Å². The fraction of sp³-hybridized carbons (Fsp3) is 0.619. The number of hydrogen-bond donors (Lipinski definition) is 2. The van der Waals surface area contributed by atoms with Crippen LogP contribution in [0.25, 0.3) is 0 Å². The van der Waals surface area contributed by atoms with E-state index in [1.165, 1.54) is 0 Å². The number of nitrogens with two attached hydrogens (primary N) is 1. The summed E-state index contributed by atoms with van der Waals surface area (Å²) in [7, 11) is 0. The highest BCUT2D eigenvalue weighted by molar-refractivity contribution is 5.71. The third-order valence-electron chi connectivity index (χ3n) is 4.82. The molecule has 18 heteroatoms. The Balaban J connectivity index is 0.000000848. The molecule has 3 atom stereocenters. The maximum atomic E-state index is 11.7. The molecule has 0 saturated carbocycles. The zero-order valence-electron chi connectivity index (χ0n) is 21.5. The molecule has 0 aromatic carbocycles. The zero-order chi connectivity index (χ0) is 30.7. The Morgan fingerprint density at radius 1 is 1.13 bits per heavy atom. The Bertz CT molecular complexity index is 978. The molecule has 1 aliphatic rings. The van der Waals surface area contributed by atoms with E-state index in [0.717, 1.165) is 25.3 Å². The molecule has 0 bridgehead atoms. The molecular weight excluding hydrogens is 546 g/mol. The lowest BCUT2D eigenvalue weighted by Crippen LogP contribution is -2.70. The molecule has 0 radical (unpaired) electrons. The van der Waals surface area contributed by atoms with Crippen LogP contribution in [-0.4, -0.2) is 75.9 Å². The molecule has 1 aromatic rings. The van der Waals surface area contributed by atoms with Gasteiger partial charge in [0.25, 0.3) is 0 Å². The van der Waals surface area contributed by atoms with Crippen LogP contribution in [0.4, 0.5) is 32.2 Å². The van der Waals surface area contributed by atoms with Crippen LogP contribution in [0.15, 0.2) is 12.3 Å². The van der Waals surface area contributed by atoms with Gasteiger partial charge in [-0.1, -0.05) is 6.92 Å². The summed E-state index contributed by atoms with van der Waals surface area (Å²) in [6, 6.07) is 2.36. The predicted octanol–water partition coefficient (Wildman–Crippen LogP) is -1.36. The molecule has 0 spiro atoms. The number of aliphatic carboxylic acids is 2. The predicted molar refractivity (Wildman–Crippen MR) is 117 cm³/mol. The Labute approximate surface area is 219 Å². The molecule has 1 aromatic heterocycles. The number of carbonyl (C=O) groups excluding carboxylic acids is 3. The average Bonchev–Trinajstić information content (AvgIpc) is 2.78. The van der Waals surface area contributed by atoms with Crippen molar-refractivity contribution in [2.24, 2.45) is 5.73 Å². The summed E-state index contributed by atoms with van der Waals surface area (Å²) in [6.07, 6.45) is -7.96. The number of piperazine rings is 1. The van der Waals surface area contributed by atoms with Crippen molar-refractivity contribution in [3.05, 3.63) is 18.1 Å². The van der Waals surface area contributed by atoms with Crippen LogP contribution in [0.3, 0.4) is 0 Å². The van der Waals surface area contributed by atoms with E-state index >= 15 is 0 Å². The van der Waals surface area contributed by atoms with Crippen molar-refractivity contribution >= 4 is 29.7 Å². The van der Waals surface area contributed by atoms with Gasteiger partial charge in [-0.15, -0.1) is 0 Å². The quantitative estimate of drug-likeness (QED) is 0.183. The summed E-state index contributed by atoms with van der Waals surface area (Å²) in [5.74, 6) is -4.28. The number of guanidine groups is 1. The number of nitrogens with zero attached hydrogens (tertiary/aromatic N) is 4. The van der Waals surface area contributed by atoms with Gasteiger partial charge in [-0.05, 0) is 33.3 Å². The second kappa shape index (κ2) is 15.0. The van der Waals surface area contributed by atoms with Gasteiger partial charge in [0, 0.05) is 12.6 Å². The number of hydrogen-bond acceptors (Lipinski definition) is 9. The molecule has 1 aliphatic heterocycles. The standard InChI is InChI=1S/C17H28N6O2.2C2HF3O2/c1-5-6-15(24)25-13(4)16-20-8-7-14(21-16)22-9-11(2)23(17(18)19)12(3)10-22;2*3-2(4,5)1(6)7/h7-8,11-13H,5-6,9-10H2,1-4H3,(H3,18,19);2*(H,6,7)/t11-,12+,13-;;/m1../s1. The van der Waals surface area contributed by atoms with Crippen molar-refractivity contribution in [3.63, 3.8) is 0 Å². The normalized spacial score (nSPS) is 19.4. The molecule has 1 saturated heterocycles. The van der Waals surface area contributed by atoms with Crippen LogP contribution in [0.2, 0.25) is 0 Å². The van der Waals surface area contributed by atoms with Crippen molar-refractivity contribution < 1.29 is 66.0 Å². The molecule has 0 aliphatic carbocycles. The maximum absolute atomic E-state index is 11.7. The highest BCUT2D eigenvalue weighted by Crippen LogP contribution is 2.21. The topological polar surface area (TPSA) is 192 Å². The first-order valence-electron chi connectivity index (χ1n) is 11.3. The molecular formula is C21H30F6N6O6. The second-order valence-electron chi connectivity index (χ2n) is 8.23. The number of alkyl halides is 6. The van der Waals surface area contributed by atoms with Crippen LogP contribution in [0, 0.1) is 0 Å². The van der Waals surface area contributed by atoms with Gasteiger partial charge in [0.2, 0.25) is 0 Å². The fourth-order valence-electron chi connectivity index (χ4n) is 3.32. The lowest BCUT2D eigenvalue weighted by molar-refractivity contribution is -0.623. The summed E-state index contributed by atoms with van der Waals surface area (Å²) in [4.78, 5) is 40.3. The van der Waals surface area contributed by atoms with Gasteiger partial charge < -0.3 is 29.4 Å². The molecule has 12 nitrogen and oxygen atoms in total. The van der Waals surface area contributed by atoms with E-state index < -0.39 is 30.4 Å². The van der Waals surface area contributed by atoms with Crippen molar-refractivity contribution in [2.45, 2.75) is 71.1 Å². The summed E-state index contributed by atoms with van der Waals surface area (Å²) in [5.41, 5.74) is 9.77. The number of anilines is 1. The Morgan fingerprint density at radius 2 is 1.56 bits per heavy atom. The molecule has 222 valence electrons. The number of rotatable bonds is 5. The fourth-order valence-corrected chi connectivity index (χ4v) is 3.32. The van der Waals surface area contributed by atoms with Crippen molar-refractivity contribution in [3.8, 4) is 0 Å². The van der Waals surface area contributed by atoms with Crippen LogP contribution >= 0.6 is 0 Å². The Kier molecular flexibility index (Phi) is 13.6. The lowest BCUT2D eigenvalue weighted by Gasteiger charge is -2.36. The molecule has 0 amide bonds. The maximum Gasteiger partial charge on any atom is 0.437 e. The van der Waals surface area contributed by atoms with E-state index in [-0.39, 0.29) is 18.1 Å². The van der Waals surface area contributed by atoms with E-state index in [9.17, 15) is 31.1 Å². The zero-order valence-corrected chi connectivity index (χ0v) is 21.5. The monoisotopic (exact) mass is 576 g/mol. The number of halogens is 6. The average molecular weight is 576 g/mol. The summed E-state index contributed by atoms with van der Waals surface area (Å²) in [6.45, 7) is 9.58. The van der Waals surface area contributed by atoms with Gasteiger partial charge in [-0.2, -0.15) is 26.3 Å².